The van der Waals surface area contributed by atoms with Crippen LogP contribution in [-0.4, -0.2) is 34.7 Å². The zero-order valence-corrected chi connectivity index (χ0v) is 12.9. The van der Waals surface area contributed by atoms with Crippen molar-refractivity contribution in [2.75, 3.05) is 11.5 Å². The van der Waals surface area contributed by atoms with Gasteiger partial charge in [0.25, 0.3) is 0 Å². The molecule has 1 aromatic rings. The Labute approximate surface area is 129 Å². The maximum absolute atomic E-state index is 11.6. The van der Waals surface area contributed by atoms with Crippen molar-refractivity contribution in [3.05, 3.63) is 35.9 Å². The van der Waals surface area contributed by atoms with Crippen LogP contribution in [0.15, 0.2) is 30.3 Å². The highest BCUT2D eigenvalue weighted by Gasteiger charge is 2.20. The second-order valence-electron chi connectivity index (χ2n) is 4.53. The predicted octanol–water partition coefficient (Wildman–Crippen LogP) is 2.90. The number of unbranched alkanes of at least 4 members (excludes halogenated alkanes) is 1. The standard InChI is InChI=1S/C15H21NO4S/c1-2-3-9-21-11-13(14(17)18)16-15(19)20-10-12-7-5-4-6-8-12/h4-8,13H,2-3,9-11H2,1H3,(H,16,19)(H,17,18). The van der Waals surface area contributed by atoms with Crippen LogP contribution in [-0.2, 0) is 16.1 Å². The molecule has 2 N–H and O–H groups in total. The molecule has 5 nitrogen and oxygen atoms in total. The van der Waals surface area contributed by atoms with Crippen LogP contribution in [0.3, 0.4) is 0 Å². The van der Waals surface area contributed by atoms with Crippen molar-refractivity contribution in [1.29, 1.82) is 0 Å². The van der Waals surface area contributed by atoms with E-state index in [1.807, 2.05) is 30.3 Å². The highest BCUT2D eigenvalue weighted by atomic mass is 32.2. The molecule has 0 aliphatic rings. The Hall–Kier alpha value is -1.69. The number of carbonyl (C=O) groups excluding carboxylic acids is 1. The van der Waals surface area contributed by atoms with E-state index in [1.54, 1.807) is 0 Å². The third-order valence-corrected chi connectivity index (χ3v) is 3.88. The van der Waals surface area contributed by atoms with E-state index in [2.05, 4.69) is 12.2 Å². The third kappa shape index (κ3) is 7.60. The predicted molar refractivity (Wildman–Crippen MR) is 83.4 cm³/mol. The lowest BCUT2D eigenvalue weighted by molar-refractivity contribution is -0.138. The normalized spacial score (nSPS) is 11.7. The lowest BCUT2D eigenvalue weighted by Gasteiger charge is -2.14. The smallest absolute Gasteiger partial charge is 0.408 e. The third-order valence-electron chi connectivity index (χ3n) is 2.73. The first-order chi connectivity index (χ1) is 10.1. The molecule has 0 aliphatic carbocycles. The molecule has 0 bridgehead atoms. The number of hydrogen-bond acceptors (Lipinski definition) is 4. The number of amides is 1. The van der Waals surface area contributed by atoms with Gasteiger partial charge in [-0.3, -0.25) is 0 Å². The number of rotatable bonds is 9. The number of ether oxygens (including phenoxy) is 1. The Morgan fingerprint density at radius 1 is 1.33 bits per heavy atom. The first-order valence-corrected chi connectivity index (χ1v) is 8.06. The monoisotopic (exact) mass is 311 g/mol. The minimum Gasteiger partial charge on any atom is -0.480 e. The minimum absolute atomic E-state index is 0.127. The quantitative estimate of drug-likeness (QED) is 0.686. The molecule has 6 heteroatoms. The van der Waals surface area contributed by atoms with Crippen molar-refractivity contribution >= 4 is 23.8 Å². The number of carboxylic acid groups (broad SMARTS) is 1. The van der Waals surface area contributed by atoms with Crippen LogP contribution in [0.4, 0.5) is 4.79 Å². The number of carboxylic acids is 1. The van der Waals surface area contributed by atoms with Crippen LogP contribution in [0.2, 0.25) is 0 Å². The second kappa shape index (κ2) is 10.1. The molecule has 1 aromatic carbocycles. The first kappa shape index (κ1) is 17.4. The van der Waals surface area contributed by atoms with E-state index in [9.17, 15) is 9.59 Å². The molecule has 0 heterocycles. The van der Waals surface area contributed by atoms with Gasteiger partial charge in [0.05, 0.1) is 0 Å². The minimum atomic E-state index is -1.05. The summed E-state index contributed by atoms with van der Waals surface area (Å²) in [7, 11) is 0. The SMILES string of the molecule is CCCCSCC(NC(=O)OCc1ccccc1)C(=O)O. The highest BCUT2D eigenvalue weighted by molar-refractivity contribution is 7.99. The average Bonchev–Trinajstić information content (AvgIpc) is 2.49. The summed E-state index contributed by atoms with van der Waals surface area (Å²) < 4.78 is 5.01. The first-order valence-electron chi connectivity index (χ1n) is 6.91. The lowest BCUT2D eigenvalue weighted by atomic mass is 10.2. The van der Waals surface area contributed by atoms with Crippen molar-refractivity contribution in [1.82, 2.24) is 5.32 Å². The Kier molecular flexibility index (Phi) is 8.35. The van der Waals surface area contributed by atoms with Crippen molar-refractivity contribution < 1.29 is 19.4 Å². The maximum atomic E-state index is 11.6. The van der Waals surface area contributed by atoms with E-state index in [0.717, 1.165) is 24.2 Å². The Balaban J connectivity index is 2.33. The Morgan fingerprint density at radius 2 is 2.05 bits per heavy atom. The van der Waals surface area contributed by atoms with Gasteiger partial charge in [0.1, 0.15) is 12.6 Å². The fourth-order valence-electron chi connectivity index (χ4n) is 1.53. The van der Waals surface area contributed by atoms with E-state index in [0.29, 0.717) is 5.75 Å². The molecular formula is C15H21NO4S. The number of alkyl carbamates (subject to hydrolysis) is 1. The van der Waals surface area contributed by atoms with Gasteiger partial charge in [-0.25, -0.2) is 9.59 Å². The van der Waals surface area contributed by atoms with Gasteiger partial charge in [-0.1, -0.05) is 43.7 Å². The number of nitrogens with one attached hydrogen (secondary N) is 1. The number of carbonyl (C=O) groups is 2. The molecule has 0 saturated heterocycles. The summed E-state index contributed by atoms with van der Waals surface area (Å²) in [4.78, 5) is 22.7. The van der Waals surface area contributed by atoms with Crippen LogP contribution < -0.4 is 5.32 Å². The molecule has 0 spiro atoms. The molecule has 0 saturated carbocycles. The van der Waals surface area contributed by atoms with E-state index in [1.165, 1.54) is 11.8 Å². The van der Waals surface area contributed by atoms with Crippen LogP contribution in [0.25, 0.3) is 0 Å². The van der Waals surface area contributed by atoms with E-state index in [4.69, 9.17) is 9.84 Å². The molecule has 0 aliphatic heterocycles. The summed E-state index contributed by atoms with van der Waals surface area (Å²) >= 11 is 1.52. The van der Waals surface area contributed by atoms with Gasteiger partial charge in [-0.15, -0.1) is 0 Å². The number of hydrogen-bond donors (Lipinski definition) is 2. The fraction of sp³-hybridized carbons (Fsp3) is 0.467. The van der Waals surface area contributed by atoms with Crippen LogP contribution in [0.5, 0.6) is 0 Å². The van der Waals surface area contributed by atoms with Crippen LogP contribution in [0.1, 0.15) is 25.3 Å². The summed E-state index contributed by atoms with van der Waals surface area (Å²) in [5, 5.41) is 11.5. The van der Waals surface area contributed by atoms with Crippen molar-refractivity contribution in [3.63, 3.8) is 0 Å². The summed E-state index contributed by atoms with van der Waals surface area (Å²) in [6.45, 7) is 2.20. The molecule has 21 heavy (non-hydrogen) atoms. The molecule has 0 radical (unpaired) electrons. The molecule has 1 rings (SSSR count). The molecule has 0 fully saturated rings. The summed E-state index contributed by atoms with van der Waals surface area (Å²) in [5.41, 5.74) is 0.858. The number of thioether (sulfide) groups is 1. The molecular weight excluding hydrogens is 290 g/mol. The van der Waals surface area contributed by atoms with E-state index < -0.39 is 18.1 Å². The van der Waals surface area contributed by atoms with E-state index in [-0.39, 0.29) is 6.61 Å². The zero-order valence-electron chi connectivity index (χ0n) is 12.1. The van der Waals surface area contributed by atoms with Gasteiger partial charge in [-0.05, 0) is 17.7 Å². The van der Waals surface area contributed by atoms with Crippen molar-refractivity contribution in [3.8, 4) is 0 Å². The van der Waals surface area contributed by atoms with Crippen LogP contribution in [0, 0.1) is 0 Å². The number of benzene rings is 1. The highest BCUT2D eigenvalue weighted by Crippen LogP contribution is 2.07. The van der Waals surface area contributed by atoms with Crippen molar-refractivity contribution in [2.45, 2.75) is 32.4 Å². The van der Waals surface area contributed by atoms with E-state index >= 15 is 0 Å². The molecule has 1 atom stereocenters. The van der Waals surface area contributed by atoms with Crippen molar-refractivity contribution in [2.24, 2.45) is 0 Å². The van der Waals surface area contributed by atoms with Crippen LogP contribution >= 0.6 is 11.8 Å². The largest absolute Gasteiger partial charge is 0.480 e. The zero-order chi connectivity index (χ0) is 15.5. The average molecular weight is 311 g/mol. The maximum Gasteiger partial charge on any atom is 0.408 e. The van der Waals surface area contributed by atoms with Gasteiger partial charge >= 0.3 is 12.1 Å². The molecule has 0 aromatic heterocycles. The van der Waals surface area contributed by atoms with Gasteiger partial charge in [0.15, 0.2) is 0 Å². The fourth-order valence-corrected chi connectivity index (χ4v) is 2.65. The second-order valence-corrected chi connectivity index (χ2v) is 5.68. The van der Waals surface area contributed by atoms with Gasteiger partial charge in [0.2, 0.25) is 0 Å². The van der Waals surface area contributed by atoms with Gasteiger partial charge in [-0.2, -0.15) is 11.8 Å². The molecule has 1 unspecified atom stereocenters. The molecule has 1 amide bonds. The number of aliphatic carboxylic acids is 1. The lowest BCUT2D eigenvalue weighted by Crippen LogP contribution is -2.42. The van der Waals surface area contributed by atoms with Gasteiger partial charge in [0, 0.05) is 5.75 Å². The Bertz CT molecular complexity index is 439. The summed E-state index contributed by atoms with van der Waals surface area (Å²) in [6.07, 6.45) is 1.40. The summed E-state index contributed by atoms with van der Waals surface area (Å²) in [6, 6.07) is 8.32. The van der Waals surface area contributed by atoms with Gasteiger partial charge < -0.3 is 15.2 Å². The topological polar surface area (TPSA) is 75.6 Å². The summed E-state index contributed by atoms with van der Waals surface area (Å²) in [5.74, 6) is 0.187. The Morgan fingerprint density at radius 3 is 2.67 bits per heavy atom. The molecule has 116 valence electrons.